The van der Waals surface area contributed by atoms with Gasteiger partial charge in [0.15, 0.2) is 0 Å². The zero-order valence-corrected chi connectivity index (χ0v) is 13.6. The summed E-state index contributed by atoms with van der Waals surface area (Å²) in [5.41, 5.74) is 6.81. The quantitative estimate of drug-likeness (QED) is 0.774. The third kappa shape index (κ3) is 6.17. The van der Waals surface area contributed by atoms with Crippen molar-refractivity contribution in [2.75, 3.05) is 7.11 Å². The van der Waals surface area contributed by atoms with Crippen LogP contribution in [0.15, 0.2) is 24.3 Å². The summed E-state index contributed by atoms with van der Waals surface area (Å²) in [4.78, 5) is 12.0. The number of carbonyl (C=O) groups is 1. The van der Waals surface area contributed by atoms with E-state index in [2.05, 4.69) is 19.2 Å². The first-order chi connectivity index (χ1) is 9.93. The monoisotopic (exact) mass is 292 g/mol. The van der Waals surface area contributed by atoms with Crippen LogP contribution in [0.25, 0.3) is 0 Å². The maximum absolute atomic E-state index is 12.0. The van der Waals surface area contributed by atoms with Crippen LogP contribution in [0.3, 0.4) is 0 Å². The average molecular weight is 292 g/mol. The number of para-hydroxylation sites is 1. The Balaban J connectivity index is 2.67. The smallest absolute Gasteiger partial charge is 0.220 e. The van der Waals surface area contributed by atoms with Gasteiger partial charge < -0.3 is 15.8 Å². The molecule has 4 heteroatoms. The molecule has 0 heterocycles. The summed E-state index contributed by atoms with van der Waals surface area (Å²) in [6.07, 6.45) is 1.96. The average Bonchev–Trinajstić information content (AvgIpc) is 2.44. The van der Waals surface area contributed by atoms with Crippen LogP contribution in [0.2, 0.25) is 0 Å². The lowest BCUT2D eigenvalue weighted by molar-refractivity contribution is -0.122. The van der Waals surface area contributed by atoms with Gasteiger partial charge in [0.25, 0.3) is 0 Å². The molecular formula is C17H28N2O2. The number of carbonyl (C=O) groups excluding carboxylic acids is 1. The summed E-state index contributed by atoms with van der Waals surface area (Å²) in [7, 11) is 1.67. The summed E-state index contributed by atoms with van der Waals surface area (Å²) in [6, 6.07) is 8.10. The molecule has 0 fully saturated rings. The molecule has 0 saturated carbocycles. The van der Waals surface area contributed by atoms with Crippen LogP contribution in [0.5, 0.6) is 5.75 Å². The van der Waals surface area contributed by atoms with Crippen molar-refractivity contribution in [3.05, 3.63) is 29.8 Å². The predicted octanol–water partition coefficient (Wildman–Crippen LogP) is 2.51. The van der Waals surface area contributed by atoms with Crippen LogP contribution in [-0.4, -0.2) is 25.1 Å². The molecule has 0 aliphatic heterocycles. The third-order valence-electron chi connectivity index (χ3n) is 3.61. The SMILES string of the molecule is COc1ccccc1CC(NC(=O)CCC(C)N)C(C)C. The van der Waals surface area contributed by atoms with Crippen molar-refractivity contribution in [1.29, 1.82) is 0 Å². The number of benzene rings is 1. The minimum atomic E-state index is 0.0578. The highest BCUT2D eigenvalue weighted by atomic mass is 16.5. The highest BCUT2D eigenvalue weighted by Crippen LogP contribution is 2.21. The number of rotatable bonds is 8. The van der Waals surface area contributed by atoms with E-state index >= 15 is 0 Å². The first-order valence-electron chi connectivity index (χ1n) is 7.60. The van der Waals surface area contributed by atoms with E-state index in [4.69, 9.17) is 10.5 Å². The highest BCUT2D eigenvalue weighted by molar-refractivity contribution is 5.76. The third-order valence-corrected chi connectivity index (χ3v) is 3.61. The molecule has 0 bridgehead atoms. The number of amides is 1. The number of methoxy groups -OCH3 is 1. The summed E-state index contributed by atoms with van der Waals surface area (Å²) < 4.78 is 5.38. The largest absolute Gasteiger partial charge is 0.496 e. The van der Waals surface area contributed by atoms with Gasteiger partial charge in [0, 0.05) is 18.5 Å². The zero-order chi connectivity index (χ0) is 15.8. The Morgan fingerprint density at radius 2 is 1.95 bits per heavy atom. The van der Waals surface area contributed by atoms with Gasteiger partial charge in [-0.2, -0.15) is 0 Å². The lowest BCUT2D eigenvalue weighted by Crippen LogP contribution is -2.40. The number of ether oxygens (including phenoxy) is 1. The molecule has 21 heavy (non-hydrogen) atoms. The number of hydrogen-bond acceptors (Lipinski definition) is 3. The standard InChI is InChI=1S/C17H28N2O2/c1-12(2)15(19-17(20)10-9-13(3)18)11-14-7-5-6-8-16(14)21-4/h5-8,12-13,15H,9-11,18H2,1-4H3,(H,19,20). The minimum Gasteiger partial charge on any atom is -0.496 e. The molecule has 0 aliphatic rings. The van der Waals surface area contributed by atoms with Crippen molar-refractivity contribution < 1.29 is 9.53 Å². The van der Waals surface area contributed by atoms with E-state index in [1.54, 1.807) is 7.11 Å². The van der Waals surface area contributed by atoms with Crippen molar-refractivity contribution in [2.45, 2.75) is 52.1 Å². The summed E-state index contributed by atoms with van der Waals surface area (Å²) in [5, 5.41) is 3.12. The molecule has 118 valence electrons. The van der Waals surface area contributed by atoms with Gasteiger partial charge in [0.1, 0.15) is 5.75 Å². The molecule has 4 nitrogen and oxygen atoms in total. The molecule has 0 aliphatic carbocycles. The highest BCUT2D eigenvalue weighted by Gasteiger charge is 2.18. The van der Waals surface area contributed by atoms with E-state index in [0.717, 1.165) is 17.7 Å². The second-order valence-electron chi connectivity index (χ2n) is 5.95. The van der Waals surface area contributed by atoms with E-state index in [1.807, 2.05) is 31.2 Å². The van der Waals surface area contributed by atoms with Crippen LogP contribution >= 0.6 is 0 Å². The van der Waals surface area contributed by atoms with Crippen LogP contribution < -0.4 is 15.8 Å². The lowest BCUT2D eigenvalue weighted by Gasteiger charge is -2.23. The van der Waals surface area contributed by atoms with Gasteiger partial charge in [-0.3, -0.25) is 4.79 Å². The van der Waals surface area contributed by atoms with Gasteiger partial charge in [-0.15, -0.1) is 0 Å². The maximum Gasteiger partial charge on any atom is 0.220 e. The molecule has 0 spiro atoms. The molecule has 1 rings (SSSR count). The van der Waals surface area contributed by atoms with Gasteiger partial charge in [0.2, 0.25) is 5.91 Å². The number of nitrogens with two attached hydrogens (primary N) is 1. The number of hydrogen-bond donors (Lipinski definition) is 2. The Labute approximate surface area is 128 Å². The molecule has 1 aromatic carbocycles. The van der Waals surface area contributed by atoms with Crippen LogP contribution in [0.4, 0.5) is 0 Å². The van der Waals surface area contributed by atoms with E-state index in [0.29, 0.717) is 18.8 Å². The summed E-state index contributed by atoms with van der Waals surface area (Å²) in [5.74, 6) is 1.29. The van der Waals surface area contributed by atoms with Crippen LogP contribution in [0, 0.1) is 5.92 Å². The van der Waals surface area contributed by atoms with Gasteiger partial charge in [-0.1, -0.05) is 32.0 Å². The van der Waals surface area contributed by atoms with Crippen LogP contribution in [0.1, 0.15) is 39.2 Å². The van der Waals surface area contributed by atoms with Gasteiger partial charge in [-0.05, 0) is 37.3 Å². The molecule has 0 aromatic heterocycles. The molecular weight excluding hydrogens is 264 g/mol. The van der Waals surface area contributed by atoms with E-state index < -0.39 is 0 Å². The van der Waals surface area contributed by atoms with E-state index in [1.165, 1.54) is 0 Å². The molecule has 0 saturated heterocycles. The second kappa shape index (κ2) is 8.67. The first kappa shape index (κ1) is 17.5. The van der Waals surface area contributed by atoms with E-state index in [9.17, 15) is 4.79 Å². The van der Waals surface area contributed by atoms with Crippen molar-refractivity contribution >= 4 is 5.91 Å². The second-order valence-corrected chi connectivity index (χ2v) is 5.95. The Kier molecular flexibility index (Phi) is 7.23. The normalized spacial score (nSPS) is 13.8. The maximum atomic E-state index is 12.0. The van der Waals surface area contributed by atoms with E-state index in [-0.39, 0.29) is 18.0 Å². The van der Waals surface area contributed by atoms with Crippen molar-refractivity contribution in [3.63, 3.8) is 0 Å². The molecule has 1 amide bonds. The van der Waals surface area contributed by atoms with Gasteiger partial charge >= 0.3 is 0 Å². The van der Waals surface area contributed by atoms with Crippen LogP contribution in [-0.2, 0) is 11.2 Å². The van der Waals surface area contributed by atoms with Gasteiger partial charge in [-0.25, -0.2) is 0 Å². The van der Waals surface area contributed by atoms with Crippen molar-refractivity contribution in [1.82, 2.24) is 5.32 Å². The fraction of sp³-hybridized carbons (Fsp3) is 0.588. The summed E-state index contributed by atoms with van der Waals surface area (Å²) in [6.45, 7) is 6.15. The van der Waals surface area contributed by atoms with Gasteiger partial charge in [0.05, 0.1) is 7.11 Å². The molecule has 0 radical (unpaired) electrons. The predicted molar refractivity (Wildman–Crippen MR) is 86.4 cm³/mol. The first-order valence-corrected chi connectivity index (χ1v) is 7.60. The Morgan fingerprint density at radius 3 is 2.52 bits per heavy atom. The Bertz CT molecular complexity index is 444. The number of nitrogens with one attached hydrogen (secondary N) is 1. The Hall–Kier alpha value is -1.55. The lowest BCUT2D eigenvalue weighted by atomic mass is 9.95. The zero-order valence-electron chi connectivity index (χ0n) is 13.6. The fourth-order valence-electron chi connectivity index (χ4n) is 2.20. The molecule has 3 N–H and O–H groups in total. The van der Waals surface area contributed by atoms with Crippen molar-refractivity contribution in [2.24, 2.45) is 11.7 Å². The Morgan fingerprint density at radius 1 is 1.29 bits per heavy atom. The minimum absolute atomic E-state index is 0.0578. The summed E-state index contributed by atoms with van der Waals surface area (Å²) >= 11 is 0. The molecule has 1 aromatic rings. The molecule has 2 atom stereocenters. The molecule has 2 unspecified atom stereocenters. The topological polar surface area (TPSA) is 64.3 Å². The fourth-order valence-corrected chi connectivity index (χ4v) is 2.20. The van der Waals surface area contributed by atoms with Crippen molar-refractivity contribution in [3.8, 4) is 5.75 Å².